The van der Waals surface area contributed by atoms with Crippen LogP contribution in [0.25, 0.3) is 6.08 Å². The molecule has 0 fully saturated rings. The Hall–Kier alpha value is -2.95. The Balaban J connectivity index is 1.96. The summed E-state index contributed by atoms with van der Waals surface area (Å²) in [5.74, 6) is -1.83. The third-order valence-corrected chi connectivity index (χ3v) is 5.92. The predicted octanol–water partition coefficient (Wildman–Crippen LogP) is 5.76. The van der Waals surface area contributed by atoms with Gasteiger partial charge in [-0.1, -0.05) is 51.0 Å². The van der Waals surface area contributed by atoms with Gasteiger partial charge < -0.3 is 10.3 Å². The number of carbonyl (C=O) groups is 1. The largest absolute Gasteiger partial charge is 0.478 e. The molecule has 0 aliphatic heterocycles. The molecule has 0 atom stereocenters. The van der Waals surface area contributed by atoms with E-state index < -0.39 is 11.8 Å². The average molecular weight is 395 g/mol. The number of carboxylic acid groups (broad SMARTS) is 1. The van der Waals surface area contributed by atoms with Crippen molar-refractivity contribution < 1.29 is 19.5 Å². The highest BCUT2D eigenvalue weighted by molar-refractivity contribution is 6.10. The van der Waals surface area contributed by atoms with Crippen molar-refractivity contribution >= 4 is 17.8 Å². The molecule has 2 aromatic rings. The minimum Gasteiger partial charge on any atom is -0.478 e. The minimum absolute atomic E-state index is 0.0178. The molecule has 2 aromatic carbocycles. The summed E-state index contributed by atoms with van der Waals surface area (Å²) >= 11 is 0. The van der Waals surface area contributed by atoms with Gasteiger partial charge in [0.1, 0.15) is 11.5 Å². The molecule has 0 spiro atoms. The van der Waals surface area contributed by atoms with Gasteiger partial charge in [0.15, 0.2) is 0 Å². The van der Waals surface area contributed by atoms with Crippen LogP contribution in [0.2, 0.25) is 0 Å². The van der Waals surface area contributed by atoms with Crippen molar-refractivity contribution in [3.8, 4) is 0 Å². The first-order valence-corrected chi connectivity index (χ1v) is 9.63. The van der Waals surface area contributed by atoms with Crippen LogP contribution in [0.15, 0.2) is 47.6 Å². The molecular formula is C24H26FNO3. The highest BCUT2D eigenvalue weighted by atomic mass is 19.1. The van der Waals surface area contributed by atoms with Crippen LogP contribution in [0, 0.1) is 5.82 Å². The Morgan fingerprint density at radius 2 is 1.62 bits per heavy atom. The smallest absolute Gasteiger partial charge is 0.335 e. The Labute approximate surface area is 170 Å². The van der Waals surface area contributed by atoms with Crippen LogP contribution in [0.4, 0.5) is 4.39 Å². The van der Waals surface area contributed by atoms with Crippen molar-refractivity contribution in [2.24, 2.45) is 5.16 Å². The molecule has 0 heterocycles. The molecule has 0 unspecified atom stereocenters. The van der Waals surface area contributed by atoms with Gasteiger partial charge in [-0.25, -0.2) is 9.18 Å². The van der Waals surface area contributed by atoms with Crippen LogP contribution in [-0.2, 0) is 10.8 Å². The predicted molar refractivity (Wildman–Crippen MR) is 112 cm³/mol. The topological polar surface area (TPSA) is 69.9 Å². The molecule has 3 rings (SSSR count). The van der Waals surface area contributed by atoms with Crippen LogP contribution >= 0.6 is 0 Å². The number of hydrogen-bond donors (Lipinski definition) is 2. The molecule has 0 saturated carbocycles. The highest BCUT2D eigenvalue weighted by Crippen LogP contribution is 2.45. The van der Waals surface area contributed by atoms with Crippen LogP contribution in [0.1, 0.15) is 73.1 Å². The van der Waals surface area contributed by atoms with Gasteiger partial charge in [-0.2, -0.15) is 0 Å². The lowest BCUT2D eigenvalue weighted by Crippen LogP contribution is -2.34. The molecule has 4 nitrogen and oxygen atoms in total. The molecule has 0 saturated heterocycles. The van der Waals surface area contributed by atoms with Crippen LogP contribution in [-0.4, -0.2) is 22.0 Å². The molecule has 0 bridgehead atoms. The third-order valence-electron chi connectivity index (χ3n) is 5.92. The number of carboxylic acids is 1. The molecule has 1 aliphatic rings. The Morgan fingerprint density at radius 3 is 2.21 bits per heavy atom. The first kappa shape index (κ1) is 20.8. The summed E-state index contributed by atoms with van der Waals surface area (Å²) < 4.78 is 14.2. The van der Waals surface area contributed by atoms with Gasteiger partial charge in [0, 0.05) is 11.1 Å². The quantitative estimate of drug-likeness (QED) is 0.392. The maximum Gasteiger partial charge on any atom is 0.335 e. The van der Waals surface area contributed by atoms with Crippen molar-refractivity contribution in [2.75, 3.05) is 0 Å². The number of aromatic carboxylic acids is 1. The van der Waals surface area contributed by atoms with Crippen LogP contribution < -0.4 is 0 Å². The number of fused-ring (bicyclic) bond motifs is 1. The fourth-order valence-corrected chi connectivity index (χ4v) is 3.90. The fraction of sp³-hybridized carbons (Fsp3) is 0.333. The summed E-state index contributed by atoms with van der Waals surface area (Å²) in [7, 11) is 0. The number of nitrogens with zero attached hydrogens (tertiary/aromatic N) is 1. The molecule has 1 aliphatic carbocycles. The average Bonchev–Trinajstić information content (AvgIpc) is 2.67. The van der Waals surface area contributed by atoms with E-state index in [2.05, 4.69) is 45.0 Å². The van der Waals surface area contributed by atoms with Gasteiger partial charge in [0.05, 0.1) is 5.56 Å². The molecule has 0 aromatic heterocycles. The first-order chi connectivity index (χ1) is 13.5. The van der Waals surface area contributed by atoms with Crippen molar-refractivity contribution in [3.63, 3.8) is 0 Å². The van der Waals surface area contributed by atoms with Gasteiger partial charge in [0.25, 0.3) is 0 Å². The van der Waals surface area contributed by atoms with E-state index in [1.807, 2.05) is 6.07 Å². The second-order valence-electron chi connectivity index (χ2n) is 8.89. The van der Waals surface area contributed by atoms with Crippen molar-refractivity contribution in [1.82, 2.24) is 0 Å². The van der Waals surface area contributed by atoms with E-state index in [1.54, 1.807) is 0 Å². The summed E-state index contributed by atoms with van der Waals surface area (Å²) in [6.45, 7) is 8.92. The molecule has 2 N–H and O–H groups in total. The van der Waals surface area contributed by atoms with Crippen LogP contribution in [0.3, 0.4) is 0 Å². The number of halogens is 1. The van der Waals surface area contributed by atoms with Crippen molar-refractivity contribution in [3.05, 3.63) is 76.1 Å². The maximum atomic E-state index is 14.2. The van der Waals surface area contributed by atoms with E-state index in [0.29, 0.717) is 5.71 Å². The van der Waals surface area contributed by atoms with Gasteiger partial charge in [0.2, 0.25) is 0 Å². The van der Waals surface area contributed by atoms with Gasteiger partial charge in [-0.15, -0.1) is 0 Å². The maximum absolute atomic E-state index is 14.2. The Bertz CT molecular complexity index is 1020. The lowest BCUT2D eigenvalue weighted by Gasteiger charge is -2.42. The molecule has 0 radical (unpaired) electrons. The first-order valence-electron chi connectivity index (χ1n) is 9.63. The Kier molecular flexibility index (Phi) is 5.35. The summed E-state index contributed by atoms with van der Waals surface area (Å²) in [5, 5.41) is 21.9. The number of hydrogen-bond acceptors (Lipinski definition) is 3. The van der Waals surface area contributed by atoms with E-state index in [9.17, 15) is 14.4 Å². The second-order valence-corrected chi connectivity index (χ2v) is 8.89. The lowest BCUT2D eigenvalue weighted by molar-refractivity contribution is 0.0696. The van der Waals surface area contributed by atoms with E-state index in [0.717, 1.165) is 24.5 Å². The lowest BCUT2D eigenvalue weighted by atomic mass is 9.63. The molecular weight excluding hydrogens is 369 g/mol. The number of allylic oxidation sites excluding steroid dienone is 1. The minimum atomic E-state index is -1.18. The number of benzene rings is 2. The summed E-state index contributed by atoms with van der Waals surface area (Å²) in [4.78, 5) is 10.9. The van der Waals surface area contributed by atoms with E-state index in [1.165, 1.54) is 35.4 Å². The number of oxime groups is 1. The zero-order valence-electron chi connectivity index (χ0n) is 17.2. The summed E-state index contributed by atoms with van der Waals surface area (Å²) in [5.41, 5.74) is 3.80. The second kappa shape index (κ2) is 7.47. The molecule has 5 heteroatoms. The van der Waals surface area contributed by atoms with Gasteiger partial charge in [-0.05, 0) is 65.1 Å². The van der Waals surface area contributed by atoms with Crippen LogP contribution in [0.5, 0.6) is 0 Å². The SMILES string of the molecule is CC1(C)CCC(C)(C)c2cc(C(/C=C\c3ccc(C(=O)O)cc3F)=N\O)ccc21. The van der Waals surface area contributed by atoms with Crippen molar-refractivity contribution in [2.45, 2.75) is 51.4 Å². The zero-order chi connectivity index (χ0) is 21.4. The Morgan fingerprint density at radius 1 is 1.00 bits per heavy atom. The summed E-state index contributed by atoms with van der Waals surface area (Å²) in [6, 6.07) is 9.77. The van der Waals surface area contributed by atoms with Gasteiger partial charge >= 0.3 is 5.97 Å². The highest BCUT2D eigenvalue weighted by Gasteiger charge is 2.37. The molecule has 0 amide bonds. The van der Waals surface area contributed by atoms with E-state index in [4.69, 9.17) is 5.11 Å². The fourth-order valence-electron chi connectivity index (χ4n) is 3.90. The number of rotatable bonds is 4. The van der Waals surface area contributed by atoms with Crippen molar-refractivity contribution in [1.29, 1.82) is 0 Å². The van der Waals surface area contributed by atoms with E-state index >= 15 is 0 Å². The molecule has 29 heavy (non-hydrogen) atoms. The normalized spacial score (nSPS) is 17.9. The standard InChI is InChI=1S/C24H26FNO3/c1-23(2)11-12-24(3,4)19-13-16(7-9-18(19)23)21(26-29)10-8-15-5-6-17(22(27)28)14-20(15)25/h5-10,13-14,29H,11-12H2,1-4H3,(H,27,28)/b10-8-,26-21-. The summed E-state index contributed by atoms with van der Waals surface area (Å²) in [6.07, 6.45) is 5.18. The van der Waals surface area contributed by atoms with E-state index in [-0.39, 0.29) is 22.0 Å². The zero-order valence-corrected chi connectivity index (χ0v) is 17.2. The molecule has 152 valence electrons. The monoisotopic (exact) mass is 395 g/mol. The third kappa shape index (κ3) is 4.09. The van der Waals surface area contributed by atoms with Gasteiger partial charge in [-0.3, -0.25) is 0 Å².